The molecule has 0 rings (SSSR count). The van der Waals surface area contributed by atoms with Gasteiger partial charge < -0.3 is 19.5 Å². The van der Waals surface area contributed by atoms with Gasteiger partial charge in [-0.2, -0.15) is 0 Å². The van der Waals surface area contributed by atoms with E-state index in [9.17, 15) is 9.90 Å². The molecule has 1 unspecified atom stereocenters. The van der Waals surface area contributed by atoms with Gasteiger partial charge in [0.1, 0.15) is 6.10 Å². The zero-order valence-corrected chi connectivity index (χ0v) is 37.5. The number of aliphatic hydroxyl groups is 1. The number of aliphatic hydroxyl groups excluding tert-OH is 1. The molecule has 0 saturated carbocycles. The smallest absolute Gasteiger partial charge is 0.306 e. The van der Waals surface area contributed by atoms with Gasteiger partial charge in [0, 0.05) is 19.6 Å². The normalized spacial score (nSPS) is 12.4. The predicted molar refractivity (Wildman–Crippen MR) is 237 cm³/mol. The van der Waals surface area contributed by atoms with E-state index in [2.05, 4.69) is 32.6 Å². The second-order valence-electron chi connectivity index (χ2n) is 17.0. The summed E-state index contributed by atoms with van der Waals surface area (Å²) < 4.78 is 12.5. The van der Waals surface area contributed by atoms with Gasteiger partial charge >= 0.3 is 5.97 Å². The Morgan fingerprint density at radius 3 is 1.22 bits per heavy atom. The number of ether oxygens (including phenoxy) is 2. The van der Waals surface area contributed by atoms with Gasteiger partial charge in [0.05, 0.1) is 12.7 Å². The van der Waals surface area contributed by atoms with Crippen LogP contribution < -0.4 is 0 Å². The average molecular weight is 766 g/mol. The van der Waals surface area contributed by atoms with Crippen LogP contribution in [0, 0.1) is 0 Å². The van der Waals surface area contributed by atoms with Crippen LogP contribution in [0.2, 0.25) is 0 Å². The summed E-state index contributed by atoms with van der Waals surface area (Å²) >= 11 is 0. The standard InChI is InChI=1S/C49H99NO4/c1-5-9-13-17-22-29-37-47(53-46-36-27-20-16-12-8-4)38-32-28-35-43-50(44-45-51)42-34-26-21-25-33-41-49(52)54-48(39-30-23-18-14-10-6-2)40-31-24-19-15-11-7-3/h47-48,51H,5-46H2,1-4H3. The Balaban J connectivity index is 4.29. The fraction of sp³-hybridized carbons (Fsp3) is 0.980. The van der Waals surface area contributed by atoms with Crippen LogP contribution in [0.5, 0.6) is 0 Å². The van der Waals surface area contributed by atoms with Crippen molar-refractivity contribution in [3.05, 3.63) is 0 Å². The van der Waals surface area contributed by atoms with Crippen LogP contribution in [0.25, 0.3) is 0 Å². The number of unbranched alkanes of at least 4 members (excludes halogenated alkanes) is 26. The first kappa shape index (κ1) is 53.4. The summed E-state index contributed by atoms with van der Waals surface area (Å²) in [6, 6.07) is 0. The third kappa shape index (κ3) is 39.6. The van der Waals surface area contributed by atoms with Crippen molar-refractivity contribution >= 4 is 5.97 Å². The lowest BCUT2D eigenvalue weighted by atomic mass is 10.0. The van der Waals surface area contributed by atoms with Crippen molar-refractivity contribution < 1.29 is 19.4 Å². The van der Waals surface area contributed by atoms with Gasteiger partial charge in [-0.1, -0.05) is 195 Å². The second-order valence-corrected chi connectivity index (χ2v) is 17.0. The maximum Gasteiger partial charge on any atom is 0.306 e. The fourth-order valence-electron chi connectivity index (χ4n) is 7.90. The first-order valence-corrected chi connectivity index (χ1v) is 24.7. The number of hydrogen-bond acceptors (Lipinski definition) is 5. The Hall–Kier alpha value is -0.650. The molecule has 0 aliphatic heterocycles. The topological polar surface area (TPSA) is 59.0 Å². The summed E-state index contributed by atoms with van der Waals surface area (Å²) in [6.07, 6.45) is 46.6. The van der Waals surface area contributed by atoms with Gasteiger partial charge in [0.15, 0.2) is 0 Å². The van der Waals surface area contributed by atoms with Crippen LogP contribution in [-0.4, -0.2) is 61.0 Å². The molecule has 0 aliphatic rings. The molecule has 0 aromatic rings. The quantitative estimate of drug-likeness (QED) is 0.0494. The second kappa shape index (κ2) is 45.1. The molecule has 0 fully saturated rings. The molecule has 1 N–H and O–H groups in total. The molecule has 0 saturated heterocycles. The molecule has 324 valence electrons. The zero-order chi connectivity index (χ0) is 39.4. The van der Waals surface area contributed by atoms with Crippen molar-refractivity contribution in [2.45, 2.75) is 277 Å². The molecule has 0 bridgehead atoms. The van der Waals surface area contributed by atoms with E-state index in [0.29, 0.717) is 12.5 Å². The van der Waals surface area contributed by atoms with Crippen LogP contribution in [-0.2, 0) is 14.3 Å². The van der Waals surface area contributed by atoms with E-state index in [1.165, 1.54) is 205 Å². The molecule has 5 nitrogen and oxygen atoms in total. The third-order valence-electron chi connectivity index (χ3n) is 11.6. The number of esters is 1. The van der Waals surface area contributed by atoms with Crippen molar-refractivity contribution in [2.24, 2.45) is 0 Å². The summed E-state index contributed by atoms with van der Waals surface area (Å²) in [5.74, 6) is 0.0317. The number of carbonyl (C=O) groups is 1. The number of nitrogens with zero attached hydrogens (tertiary/aromatic N) is 1. The lowest BCUT2D eigenvalue weighted by Gasteiger charge is -2.22. The van der Waals surface area contributed by atoms with Gasteiger partial charge in [-0.25, -0.2) is 0 Å². The summed E-state index contributed by atoms with van der Waals surface area (Å²) in [4.78, 5) is 15.2. The van der Waals surface area contributed by atoms with Crippen molar-refractivity contribution in [3.8, 4) is 0 Å². The van der Waals surface area contributed by atoms with Gasteiger partial charge in [-0.05, 0) is 77.3 Å². The minimum Gasteiger partial charge on any atom is -0.462 e. The Morgan fingerprint density at radius 1 is 0.426 bits per heavy atom. The molecular weight excluding hydrogens is 667 g/mol. The number of rotatable bonds is 46. The molecule has 0 aromatic carbocycles. The molecule has 0 heterocycles. The van der Waals surface area contributed by atoms with Crippen LogP contribution in [0.1, 0.15) is 265 Å². The number of carbonyl (C=O) groups excluding carboxylic acids is 1. The highest BCUT2D eigenvalue weighted by atomic mass is 16.5. The molecule has 1 atom stereocenters. The largest absolute Gasteiger partial charge is 0.462 e. The Morgan fingerprint density at radius 2 is 0.778 bits per heavy atom. The molecule has 54 heavy (non-hydrogen) atoms. The van der Waals surface area contributed by atoms with E-state index in [0.717, 1.165) is 51.9 Å². The van der Waals surface area contributed by atoms with Crippen LogP contribution >= 0.6 is 0 Å². The van der Waals surface area contributed by atoms with Gasteiger partial charge in [0.25, 0.3) is 0 Å². The van der Waals surface area contributed by atoms with E-state index in [-0.39, 0.29) is 18.7 Å². The van der Waals surface area contributed by atoms with Crippen molar-refractivity contribution in [3.63, 3.8) is 0 Å². The first-order valence-electron chi connectivity index (χ1n) is 24.7. The summed E-state index contributed by atoms with van der Waals surface area (Å²) in [6.45, 7) is 13.3. The summed E-state index contributed by atoms with van der Waals surface area (Å²) in [5, 5.41) is 9.69. The minimum atomic E-state index is 0.0317. The first-order chi connectivity index (χ1) is 26.6. The van der Waals surface area contributed by atoms with Crippen LogP contribution in [0.4, 0.5) is 0 Å². The Kier molecular flexibility index (Phi) is 44.5. The van der Waals surface area contributed by atoms with Crippen LogP contribution in [0.3, 0.4) is 0 Å². The summed E-state index contributed by atoms with van der Waals surface area (Å²) in [5.41, 5.74) is 0. The Labute approximate surface area is 339 Å². The maximum absolute atomic E-state index is 12.8. The molecule has 0 aromatic heterocycles. The highest BCUT2D eigenvalue weighted by Crippen LogP contribution is 2.20. The summed E-state index contributed by atoms with van der Waals surface area (Å²) in [7, 11) is 0. The van der Waals surface area contributed by atoms with E-state index >= 15 is 0 Å². The van der Waals surface area contributed by atoms with E-state index in [1.807, 2.05) is 0 Å². The molecule has 0 radical (unpaired) electrons. The molecule has 0 amide bonds. The lowest BCUT2D eigenvalue weighted by Crippen LogP contribution is -2.29. The minimum absolute atomic E-state index is 0.0317. The predicted octanol–water partition coefficient (Wildman–Crippen LogP) is 15.1. The zero-order valence-electron chi connectivity index (χ0n) is 37.5. The highest BCUT2D eigenvalue weighted by molar-refractivity contribution is 5.69. The molecule has 0 spiro atoms. The monoisotopic (exact) mass is 766 g/mol. The SMILES string of the molecule is CCCCCCCCOC(CCCCCCCC)CCCCCN(CCO)CCCCCCCC(=O)OC(CCCCCCCC)CCCCCCCC. The molecule has 0 aliphatic carbocycles. The highest BCUT2D eigenvalue weighted by Gasteiger charge is 2.15. The van der Waals surface area contributed by atoms with Gasteiger partial charge in [0.2, 0.25) is 0 Å². The van der Waals surface area contributed by atoms with E-state index < -0.39 is 0 Å². The lowest BCUT2D eigenvalue weighted by molar-refractivity contribution is -0.150. The van der Waals surface area contributed by atoms with Crippen molar-refractivity contribution in [2.75, 3.05) is 32.8 Å². The molecule has 5 heteroatoms. The fourth-order valence-corrected chi connectivity index (χ4v) is 7.90. The van der Waals surface area contributed by atoms with Gasteiger partial charge in [-0.15, -0.1) is 0 Å². The average Bonchev–Trinajstić information content (AvgIpc) is 3.17. The van der Waals surface area contributed by atoms with Crippen LogP contribution in [0.15, 0.2) is 0 Å². The van der Waals surface area contributed by atoms with Crippen molar-refractivity contribution in [1.82, 2.24) is 4.90 Å². The maximum atomic E-state index is 12.8. The molecular formula is C49H99NO4. The Bertz CT molecular complexity index is 702. The third-order valence-corrected chi connectivity index (χ3v) is 11.6. The van der Waals surface area contributed by atoms with E-state index in [1.54, 1.807) is 0 Å². The number of hydrogen-bond donors (Lipinski definition) is 1. The van der Waals surface area contributed by atoms with Gasteiger partial charge in [-0.3, -0.25) is 4.79 Å². The van der Waals surface area contributed by atoms with E-state index in [4.69, 9.17) is 9.47 Å². The van der Waals surface area contributed by atoms with Crippen molar-refractivity contribution in [1.29, 1.82) is 0 Å².